The fourth-order valence-electron chi connectivity index (χ4n) is 1.88. The molecule has 2 rings (SSSR count). The zero-order valence-corrected chi connectivity index (χ0v) is 13.0. The molecule has 0 spiro atoms. The van der Waals surface area contributed by atoms with Crippen molar-refractivity contribution in [3.63, 3.8) is 0 Å². The Morgan fingerprint density at radius 3 is 2.14 bits per heavy atom. The van der Waals surface area contributed by atoms with E-state index in [1.54, 1.807) is 37.3 Å². The number of aromatic carboxylic acids is 1. The third kappa shape index (κ3) is 4.70. The lowest BCUT2D eigenvalue weighted by molar-refractivity contribution is -0.131. The number of hydrogen-bond acceptors (Lipinski definition) is 4. The van der Waals surface area contributed by atoms with E-state index in [1.807, 2.05) is 0 Å². The summed E-state index contributed by atoms with van der Waals surface area (Å²) in [6.07, 6.45) is 0. The molecular weight excluding hydrogens is 284 g/mol. The number of esters is 1. The van der Waals surface area contributed by atoms with Gasteiger partial charge in [0.1, 0.15) is 11.5 Å². The van der Waals surface area contributed by atoms with Gasteiger partial charge in [0.2, 0.25) is 0 Å². The van der Waals surface area contributed by atoms with Crippen molar-refractivity contribution >= 4 is 28.5 Å². The second kappa shape index (κ2) is 7.36. The molecule has 0 unspecified atom stereocenters. The van der Waals surface area contributed by atoms with E-state index in [4.69, 9.17) is 9.84 Å². The number of fused-ring (bicyclic) bond motifs is 1. The van der Waals surface area contributed by atoms with Gasteiger partial charge in [-0.25, -0.2) is 4.79 Å². The molecule has 0 aliphatic carbocycles. The Hall–Kier alpha value is -2.69. The van der Waals surface area contributed by atoms with Crippen molar-refractivity contribution < 1.29 is 24.2 Å². The molecule has 2 aromatic rings. The molecule has 0 saturated heterocycles. The fraction of sp³-hybridized carbons (Fsp3) is 0.235. The Balaban J connectivity index is 0.000000541. The van der Waals surface area contributed by atoms with E-state index in [9.17, 15) is 14.4 Å². The van der Waals surface area contributed by atoms with Crippen LogP contribution in [0.4, 0.5) is 0 Å². The maximum absolute atomic E-state index is 11.0. The second-order valence-corrected chi connectivity index (χ2v) is 4.95. The summed E-state index contributed by atoms with van der Waals surface area (Å²) in [5.74, 6) is -0.755. The van der Waals surface area contributed by atoms with Gasteiger partial charge in [0.25, 0.3) is 0 Å². The summed E-state index contributed by atoms with van der Waals surface area (Å²) in [6, 6.07) is 8.50. The molecule has 0 bridgehead atoms. The number of rotatable bonds is 2. The Morgan fingerprint density at radius 1 is 1.05 bits per heavy atom. The molecule has 0 heterocycles. The van der Waals surface area contributed by atoms with Crippen molar-refractivity contribution in [3.05, 3.63) is 41.5 Å². The number of aryl methyl sites for hydroxylation is 1. The summed E-state index contributed by atoms with van der Waals surface area (Å²) in [7, 11) is 0. The topological polar surface area (TPSA) is 80.7 Å². The van der Waals surface area contributed by atoms with Crippen molar-refractivity contribution in [1.29, 1.82) is 0 Å². The van der Waals surface area contributed by atoms with Crippen LogP contribution in [0.2, 0.25) is 0 Å². The van der Waals surface area contributed by atoms with Crippen molar-refractivity contribution in [1.82, 2.24) is 0 Å². The van der Waals surface area contributed by atoms with Crippen molar-refractivity contribution in [2.24, 2.45) is 0 Å². The van der Waals surface area contributed by atoms with Crippen LogP contribution in [0.3, 0.4) is 0 Å². The maximum Gasteiger partial charge on any atom is 0.335 e. The van der Waals surface area contributed by atoms with E-state index >= 15 is 0 Å². The predicted octanol–water partition coefficient (Wildman–Crippen LogP) is 3.37. The van der Waals surface area contributed by atoms with E-state index < -0.39 is 11.9 Å². The summed E-state index contributed by atoms with van der Waals surface area (Å²) in [4.78, 5) is 31.5. The van der Waals surface area contributed by atoms with Crippen LogP contribution in [0.15, 0.2) is 30.3 Å². The number of carbonyl (C=O) groups is 3. The highest BCUT2D eigenvalue weighted by Gasteiger charge is 2.11. The first-order chi connectivity index (χ1) is 10.2. The van der Waals surface area contributed by atoms with Crippen LogP contribution < -0.4 is 4.74 Å². The third-order valence-corrected chi connectivity index (χ3v) is 2.67. The Morgan fingerprint density at radius 2 is 1.64 bits per heavy atom. The largest absolute Gasteiger partial charge is 0.478 e. The molecule has 1 N–H and O–H groups in total. The molecule has 0 aliphatic rings. The van der Waals surface area contributed by atoms with E-state index in [-0.39, 0.29) is 11.3 Å². The lowest BCUT2D eigenvalue weighted by atomic mass is 10.0. The van der Waals surface area contributed by atoms with Crippen LogP contribution in [0.25, 0.3) is 10.8 Å². The molecule has 2 aromatic carbocycles. The summed E-state index contributed by atoms with van der Waals surface area (Å²) < 4.78 is 5.10. The lowest BCUT2D eigenvalue weighted by Gasteiger charge is -2.08. The quantitative estimate of drug-likeness (QED) is 0.679. The first kappa shape index (κ1) is 17.4. The number of carboxylic acids is 1. The van der Waals surface area contributed by atoms with Gasteiger partial charge in [0.05, 0.1) is 5.56 Å². The van der Waals surface area contributed by atoms with Crippen LogP contribution >= 0.6 is 0 Å². The average molecular weight is 302 g/mol. The molecule has 0 aliphatic heterocycles. The first-order valence-corrected chi connectivity index (χ1v) is 6.64. The number of ether oxygens (including phenoxy) is 1. The molecule has 0 fully saturated rings. The number of ketones is 1. The van der Waals surface area contributed by atoms with Gasteiger partial charge in [-0.15, -0.1) is 0 Å². The standard InChI is InChI=1S/C14H12O4.C3H6O/c1-8-6-12-10(7-11(8)14(16)17)4-3-5-13(12)18-9(2)15;1-3(2)4/h3-7H,1-2H3,(H,16,17);1-2H3. The van der Waals surface area contributed by atoms with Gasteiger partial charge in [0.15, 0.2) is 0 Å². The molecule has 0 radical (unpaired) electrons. The molecule has 0 aromatic heterocycles. The molecule has 116 valence electrons. The van der Waals surface area contributed by atoms with Crippen LogP contribution in [0, 0.1) is 6.92 Å². The van der Waals surface area contributed by atoms with E-state index in [0.29, 0.717) is 11.3 Å². The molecule has 5 nitrogen and oxygen atoms in total. The minimum atomic E-state index is -0.965. The Labute approximate surface area is 128 Å². The molecular formula is C17H18O5. The van der Waals surface area contributed by atoms with E-state index in [1.165, 1.54) is 20.8 Å². The molecule has 22 heavy (non-hydrogen) atoms. The van der Waals surface area contributed by atoms with Crippen LogP contribution in [0.1, 0.15) is 36.7 Å². The highest BCUT2D eigenvalue weighted by Crippen LogP contribution is 2.28. The third-order valence-electron chi connectivity index (χ3n) is 2.67. The highest BCUT2D eigenvalue weighted by atomic mass is 16.5. The summed E-state index contributed by atoms with van der Waals surface area (Å²) >= 11 is 0. The van der Waals surface area contributed by atoms with Gasteiger partial charge in [-0.05, 0) is 49.9 Å². The monoisotopic (exact) mass is 302 g/mol. The zero-order chi connectivity index (χ0) is 16.9. The van der Waals surface area contributed by atoms with Crippen molar-refractivity contribution in [3.8, 4) is 5.75 Å². The lowest BCUT2D eigenvalue weighted by Crippen LogP contribution is -2.03. The van der Waals surface area contributed by atoms with Gasteiger partial charge in [-0.1, -0.05) is 12.1 Å². The Bertz CT molecular complexity index is 727. The summed E-state index contributed by atoms with van der Waals surface area (Å²) in [5.41, 5.74) is 0.886. The second-order valence-electron chi connectivity index (χ2n) is 4.95. The van der Waals surface area contributed by atoms with Gasteiger partial charge in [-0.2, -0.15) is 0 Å². The van der Waals surface area contributed by atoms with Gasteiger partial charge < -0.3 is 14.6 Å². The number of benzene rings is 2. The number of Topliss-reactive ketones (excluding diaryl/α,β-unsaturated/α-hetero) is 1. The summed E-state index contributed by atoms with van der Waals surface area (Å²) in [6.45, 7) is 6.10. The zero-order valence-electron chi connectivity index (χ0n) is 13.0. The van der Waals surface area contributed by atoms with Crippen molar-refractivity contribution in [2.45, 2.75) is 27.7 Å². The number of carboxylic acid groups (broad SMARTS) is 1. The van der Waals surface area contributed by atoms with E-state index in [2.05, 4.69) is 0 Å². The summed E-state index contributed by atoms with van der Waals surface area (Å²) in [5, 5.41) is 10.5. The predicted molar refractivity (Wildman–Crippen MR) is 83.3 cm³/mol. The van der Waals surface area contributed by atoms with Crippen LogP contribution in [-0.2, 0) is 9.59 Å². The average Bonchev–Trinajstić information content (AvgIpc) is 2.37. The van der Waals surface area contributed by atoms with Gasteiger partial charge in [0, 0.05) is 12.3 Å². The smallest absolute Gasteiger partial charge is 0.335 e. The number of carbonyl (C=O) groups excluding carboxylic acids is 2. The minimum absolute atomic E-state index is 0.167. The number of hydrogen-bond donors (Lipinski definition) is 1. The van der Waals surface area contributed by atoms with Crippen LogP contribution in [0.5, 0.6) is 5.75 Å². The van der Waals surface area contributed by atoms with Gasteiger partial charge >= 0.3 is 11.9 Å². The highest BCUT2D eigenvalue weighted by molar-refractivity contribution is 5.98. The molecule has 0 atom stereocenters. The maximum atomic E-state index is 11.0. The van der Waals surface area contributed by atoms with Gasteiger partial charge in [-0.3, -0.25) is 4.79 Å². The fourth-order valence-corrected chi connectivity index (χ4v) is 1.88. The SMILES string of the molecule is CC(=O)Oc1cccc2cc(C(=O)O)c(C)cc12.CC(C)=O. The van der Waals surface area contributed by atoms with Crippen molar-refractivity contribution in [2.75, 3.05) is 0 Å². The molecule has 0 saturated carbocycles. The van der Waals surface area contributed by atoms with Crippen LogP contribution in [-0.4, -0.2) is 22.8 Å². The first-order valence-electron chi connectivity index (χ1n) is 6.64. The van der Waals surface area contributed by atoms with E-state index in [0.717, 1.165) is 10.8 Å². The minimum Gasteiger partial charge on any atom is -0.478 e. The molecule has 0 amide bonds. The Kier molecular flexibility index (Phi) is 5.81. The molecule has 5 heteroatoms. The normalized spacial score (nSPS) is 9.64.